The lowest BCUT2D eigenvalue weighted by atomic mass is 10.1. The lowest BCUT2D eigenvalue weighted by molar-refractivity contribution is 0.431. The fourth-order valence-electron chi connectivity index (χ4n) is 1.37. The third-order valence-corrected chi connectivity index (χ3v) is 2.96. The van der Waals surface area contributed by atoms with E-state index < -0.39 is 0 Å². The Morgan fingerprint density at radius 3 is 2.47 bits per heavy atom. The van der Waals surface area contributed by atoms with Gasteiger partial charge >= 0.3 is 0 Å². The third-order valence-electron chi connectivity index (χ3n) is 2.22. The zero-order valence-corrected chi connectivity index (χ0v) is 12.1. The van der Waals surface area contributed by atoms with Crippen molar-refractivity contribution in [3.05, 3.63) is 39.9 Å². The minimum absolute atomic E-state index is 0.178. The van der Waals surface area contributed by atoms with Gasteiger partial charge in [-0.15, -0.1) is 0 Å². The molecule has 17 heavy (non-hydrogen) atoms. The molecular weight excluding hydrogens is 253 g/mol. The molecule has 0 aromatic heterocycles. The fraction of sp³-hybridized carbons (Fsp3) is 0.429. The molecule has 94 valence electrons. The highest BCUT2D eigenvalue weighted by atomic mass is 35.5. The summed E-state index contributed by atoms with van der Waals surface area (Å²) in [5, 5.41) is 4.62. The van der Waals surface area contributed by atoms with Crippen LogP contribution >= 0.6 is 23.2 Å². The van der Waals surface area contributed by atoms with Gasteiger partial charge in [0.15, 0.2) is 0 Å². The van der Waals surface area contributed by atoms with Crippen molar-refractivity contribution in [3.8, 4) is 0 Å². The van der Waals surface area contributed by atoms with Crippen molar-refractivity contribution in [1.29, 1.82) is 0 Å². The Kier molecular flexibility index (Phi) is 5.51. The van der Waals surface area contributed by atoms with E-state index in [0.717, 1.165) is 18.5 Å². The van der Waals surface area contributed by atoms with E-state index in [1.54, 1.807) is 0 Å². The van der Waals surface area contributed by atoms with E-state index in [1.165, 1.54) is 0 Å². The number of hydrogen-bond donors (Lipinski definition) is 1. The van der Waals surface area contributed by atoms with Gasteiger partial charge < -0.3 is 5.32 Å². The van der Waals surface area contributed by atoms with Gasteiger partial charge in [-0.3, -0.25) is 0 Å². The molecule has 0 fully saturated rings. The highest BCUT2D eigenvalue weighted by Crippen LogP contribution is 2.23. The molecule has 0 saturated heterocycles. The van der Waals surface area contributed by atoms with Crippen molar-refractivity contribution in [1.82, 2.24) is 5.32 Å². The van der Waals surface area contributed by atoms with Crippen LogP contribution in [-0.4, -0.2) is 12.1 Å². The number of halogens is 2. The van der Waals surface area contributed by atoms with Gasteiger partial charge in [-0.1, -0.05) is 41.4 Å². The Morgan fingerprint density at radius 1 is 1.18 bits per heavy atom. The molecule has 3 heteroatoms. The SMILES string of the molecule is CC(C)(C)NCCC=Cc1ccc(Cl)c(Cl)c1. The average Bonchev–Trinajstić information content (AvgIpc) is 2.21. The van der Waals surface area contributed by atoms with Gasteiger partial charge in [0.1, 0.15) is 0 Å². The molecule has 1 aromatic rings. The van der Waals surface area contributed by atoms with Crippen LogP contribution in [0.5, 0.6) is 0 Å². The van der Waals surface area contributed by atoms with E-state index in [-0.39, 0.29) is 5.54 Å². The van der Waals surface area contributed by atoms with E-state index in [2.05, 4.69) is 38.2 Å². The number of hydrogen-bond acceptors (Lipinski definition) is 1. The molecule has 0 bridgehead atoms. The van der Waals surface area contributed by atoms with Crippen molar-refractivity contribution in [2.45, 2.75) is 32.7 Å². The highest BCUT2D eigenvalue weighted by molar-refractivity contribution is 6.42. The van der Waals surface area contributed by atoms with E-state index in [0.29, 0.717) is 10.0 Å². The minimum Gasteiger partial charge on any atom is -0.312 e. The molecule has 0 aliphatic heterocycles. The molecule has 0 unspecified atom stereocenters. The molecule has 0 heterocycles. The molecule has 0 aliphatic carbocycles. The average molecular weight is 272 g/mol. The van der Waals surface area contributed by atoms with Gasteiger partial charge in [0.05, 0.1) is 10.0 Å². The second-order valence-electron chi connectivity index (χ2n) is 5.04. The Labute approximate surface area is 114 Å². The fourth-order valence-corrected chi connectivity index (χ4v) is 1.67. The molecule has 1 rings (SSSR count). The Morgan fingerprint density at radius 2 is 1.88 bits per heavy atom. The number of rotatable bonds is 4. The van der Waals surface area contributed by atoms with Crippen LogP contribution in [0.4, 0.5) is 0 Å². The van der Waals surface area contributed by atoms with Crippen LogP contribution in [0.3, 0.4) is 0 Å². The summed E-state index contributed by atoms with van der Waals surface area (Å²) in [6, 6.07) is 5.65. The first kappa shape index (κ1) is 14.6. The first-order valence-corrected chi connectivity index (χ1v) is 6.51. The predicted molar refractivity (Wildman–Crippen MR) is 77.9 cm³/mol. The molecule has 0 atom stereocenters. The second kappa shape index (κ2) is 6.44. The number of nitrogens with one attached hydrogen (secondary N) is 1. The zero-order valence-electron chi connectivity index (χ0n) is 10.6. The first-order valence-electron chi connectivity index (χ1n) is 5.75. The van der Waals surface area contributed by atoms with Crippen molar-refractivity contribution in [3.63, 3.8) is 0 Å². The quantitative estimate of drug-likeness (QED) is 0.777. The molecule has 1 nitrogen and oxygen atoms in total. The van der Waals surface area contributed by atoms with Gasteiger partial charge in [0.2, 0.25) is 0 Å². The summed E-state index contributed by atoms with van der Waals surface area (Å²) in [5.41, 5.74) is 1.26. The molecule has 0 radical (unpaired) electrons. The summed E-state index contributed by atoms with van der Waals surface area (Å²) in [6.45, 7) is 7.46. The van der Waals surface area contributed by atoms with Gasteiger partial charge in [-0.25, -0.2) is 0 Å². The zero-order chi connectivity index (χ0) is 12.9. The molecule has 0 amide bonds. The Balaban J connectivity index is 2.41. The summed E-state index contributed by atoms with van der Waals surface area (Å²) in [5.74, 6) is 0. The van der Waals surface area contributed by atoms with Crippen LogP contribution in [0.15, 0.2) is 24.3 Å². The molecule has 0 saturated carbocycles. The van der Waals surface area contributed by atoms with E-state index in [1.807, 2.05) is 18.2 Å². The molecule has 1 N–H and O–H groups in total. The van der Waals surface area contributed by atoms with Crippen molar-refractivity contribution >= 4 is 29.3 Å². The van der Waals surface area contributed by atoms with Crippen molar-refractivity contribution in [2.75, 3.05) is 6.54 Å². The maximum atomic E-state index is 5.94. The molecule has 1 aromatic carbocycles. The monoisotopic (exact) mass is 271 g/mol. The summed E-state index contributed by atoms with van der Waals surface area (Å²) < 4.78 is 0. The molecule has 0 spiro atoms. The van der Waals surface area contributed by atoms with Crippen LogP contribution in [0.1, 0.15) is 32.8 Å². The Bertz CT molecular complexity index is 392. The van der Waals surface area contributed by atoms with Crippen LogP contribution in [0.2, 0.25) is 10.0 Å². The lowest BCUT2D eigenvalue weighted by Gasteiger charge is -2.19. The standard InChI is InChI=1S/C14H19Cl2N/c1-14(2,3)17-9-5-4-6-11-7-8-12(15)13(16)10-11/h4,6-8,10,17H,5,9H2,1-3H3. The minimum atomic E-state index is 0.178. The first-order chi connectivity index (χ1) is 7.88. The van der Waals surface area contributed by atoms with Crippen molar-refractivity contribution in [2.24, 2.45) is 0 Å². The largest absolute Gasteiger partial charge is 0.312 e. The summed E-state index contributed by atoms with van der Waals surface area (Å²) in [6.07, 6.45) is 5.20. The summed E-state index contributed by atoms with van der Waals surface area (Å²) >= 11 is 11.8. The van der Waals surface area contributed by atoms with Gasteiger partial charge in [0, 0.05) is 5.54 Å². The maximum absolute atomic E-state index is 5.94. The van der Waals surface area contributed by atoms with Gasteiger partial charge in [-0.2, -0.15) is 0 Å². The van der Waals surface area contributed by atoms with Crippen LogP contribution in [-0.2, 0) is 0 Å². The molecular formula is C14H19Cl2N. The predicted octanol–water partition coefficient (Wildman–Crippen LogP) is 4.78. The van der Waals surface area contributed by atoms with E-state index in [9.17, 15) is 0 Å². The van der Waals surface area contributed by atoms with E-state index >= 15 is 0 Å². The lowest BCUT2D eigenvalue weighted by Crippen LogP contribution is -2.36. The smallest absolute Gasteiger partial charge is 0.0598 e. The topological polar surface area (TPSA) is 12.0 Å². The van der Waals surface area contributed by atoms with Crippen LogP contribution in [0, 0.1) is 0 Å². The van der Waals surface area contributed by atoms with Crippen LogP contribution in [0.25, 0.3) is 6.08 Å². The maximum Gasteiger partial charge on any atom is 0.0598 e. The van der Waals surface area contributed by atoms with Gasteiger partial charge in [-0.05, 0) is 51.4 Å². The van der Waals surface area contributed by atoms with Crippen LogP contribution < -0.4 is 5.32 Å². The highest BCUT2D eigenvalue weighted by Gasteiger charge is 2.06. The second-order valence-corrected chi connectivity index (χ2v) is 5.86. The molecule has 0 aliphatic rings. The Hall–Kier alpha value is -0.500. The van der Waals surface area contributed by atoms with Gasteiger partial charge in [0.25, 0.3) is 0 Å². The number of benzene rings is 1. The summed E-state index contributed by atoms with van der Waals surface area (Å²) in [4.78, 5) is 0. The third kappa shape index (κ3) is 6.11. The van der Waals surface area contributed by atoms with E-state index in [4.69, 9.17) is 23.2 Å². The summed E-state index contributed by atoms with van der Waals surface area (Å²) in [7, 11) is 0. The van der Waals surface area contributed by atoms with Crippen molar-refractivity contribution < 1.29 is 0 Å². The normalized spacial score (nSPS) is 12.3.